The number of carbonyl (C=O) groups is 2. The summed E-state index contributed by atoms with van der Waals surface area (Å²) in [5.74, 6) is -0.525. The van der Waals surface area contributed by atoms with Crippen LogP contribution in [0.5, 0.6) is 0 Å². The Balaban J connectivity index is 2.06. The number of hydrogen-bond acceptors (Lipinski definition) is 12. The predicted molar refractivity (Wildman–Crippen MR) is 157 cm³/mol. The fourth-order valence-electron chi connectivity index (χ4n) is 5.20. The third-order valence-electron chi connectivity index (χ3n) is 7.69. The molecular formula is C29H57N3O11. The van der Waals surface area contributed by atoms with Gasteiger partial charge in [0.2, 0.25) is 11.8 Å². The van der Waals surface area contributed by atoms with Gasteiger partial charge in [0.05, 0.1) is 26.4 Å². The van der Waals surface area contributed by atoms with Gasteiger partial charge in [-0.2, -0.15) is 0 Å². The molecule has 6 atom stereocenters. The maximum Gasteiger partial charge on any atom is 0.220 e. The molecule has 6 unspecified atom stereocenters. The van der Waals surface area contributed by atoms with Crippen LogP contribution >= 0.6 is 0 Å². The Bertz CT molecular complexity index is 736. The molecule has 1 heterocycles. The van der Waals surface area contributed by atoms with Crippen LogP contribution in [0.2, 0.25) is 0 Å². The van der Waals surface area contributed by atoms with Crippen molar-refractivity contribution < 1.29 is 54.5 Å². The maximum atomic E-state index is 12.1. The molecule has 43 heavy (non-hydrogen) atoms. The van der Waals surface area contributed by atoms with Crippen molar-refractivity contribution in [2.24, 2.45) is 5.41 Å². The summed E-state index contributed by atoms with van der Waals surface area (Å²) in [5, 5.41) is 52.8. The minimum absolute atomic E-state index is 0.0939. The van der Waals surface area contributed by atoms with E-state index in [-0.39, 0.29) is 31.0 Å². The number of unbranched alkanes of at least 4 members (excludes halogenated alkanes) is 3. The van der Waals surface area contributed by atoms with Gasteiger partial charge in [0.15, 0.2) is 6.29 Å². The number of ether oxygens (including phenoxy) is 2. The Morgan fingerprint density at radius 2 is 1.53 bits per heavy atom. The van der Waals surface area contributed by atoms with E-state index in [9.17, 15) is 24.9 Å². The second-order valence-corrected chi connectivity index (χ2v) is 11.6. The molecule has 1 fully saturated rings. The lowest BCUT2D eigenvalue weighted by atomic mass is 9.77. The lowest BCUT2D eigenvalue weighted by Crippen LogP contribution is -2.64. The molecular weight excluding hydrogens is 566 g/mol. The van der Waals surface area contributed by atoms with E-state index in [0.717, 1.165) is 70.8 Å². The molecule has 14 heteroatoms. The lowest BCUT2D eigenvalue weighted by Gasteiger charge is -2.42. The van der Waals surface area contributed by atoms with Crippen molar-refractivity contribution in [3.63, 3.8) is 0 Å². The Kier molecular flexibility index (Phi) is 22.0. The average molecular weight is 624 g/mol. The van der Waals surface area contributed by atoms with Crippen molar-refractivity contribution in [3.05, 3.63) is 0 Å². The zero-order chi connectivity index (χ0) is 31.9. The standard InChI is InChI=1S/C29H57N3O11/c1-22(35)32-25-27(38)26(37)23(21-34)43-28(25)40-18-7-11-24(36)30-15-5-3-4-6-16-31-41-19-9-13-29(2,12-8-17-33)14-10-20-42-39/h23,25-28,31,33-34,37-39H,3-21H2,1-2H3,(H,30,36)(H,32,35). The van der Waals surface area contributed by atoms with Gasteiger partial charge in [-0.25, -0.2) is 10.4 Å². The highest BCUT2D eigenvalue weighted by Crippen LogP contribution is 2.34. The zero-order valence-electron chi connectivity index (χ0n) is 26.0. The van der Waals surface area contributed by atoms with Gasteiger partial charge >= 0.3 is 0 Å². The minimum atomic E-state index is -1.37. The maximum absolute atomic E-state index is 12.1. The van der Waals surface area contributed by atoms with Crippen LogP contribution in [-0.2, 0) is 28.8 Å². The topological polar surface area (TPSA) is 208 Å². The third-order valence-corrected chi connectivity index (χ3v) is 7.69. The number of aliphatic hydroxyl groups excluding tert-OH is 4. The smallest absolute Gasteiger partial charge is 0.220 e. The Morgan fingerprint density at radius 3 is 2.19 bits per heavy atom. The first kappa shape index (κ1) is 39.6. The summed E-state index contributed by atoms with van der Waals surface area (Å²) in [6.45, 7) is 5.54. The van der Waals surface area contributed by atoms with E-state index >= 15 is 0 Å². The first-order chi connectivity index (χ1) is 20.7. The monoisotopic (exact) mass is 623 g/mol. The molecule has 1 aliphatic rings. The van der Waals surface area contributed by atoms with Crippen LogP contribution in [0.4, 0.5) is 0 Å². The lowest BCUT2D eigenvalue weighted by molar-refractivity contribution is -0.270. The zero-order valence-corrected chi connectivity index (χ0v) is 26.0. The number of nitrogens with one attached hydrogen (secondary N) is 3. The Hall–Kier alpha value is -1.46. The molecule has 0 aliphatic carbocycles. The quantitative estimate of drug-likeness (QED) is 0.0382. The first-order valence-corrected chi connectivity index (χ1v) is 15.7. The molecule has 0 bridgehead atoms. The van der Waals surface area contributed by atoms with Crippen LogP contribution in [0.1, 0.15) is 90.9 Å². The molecule has 1 aliphatic heterocycles. The van der Waals surface area contributed by atoms with Crippen molar-refractivity contribution in [3.8, 4) is 0 Å². The molecule has 1 rings (SSSR count). The van der Waals surface area contributed by atoms with Crippen LogP contribution in [-0.4, -0.2) is 114 Å². The van der Waals surface area contributed by atoms with Crippen molar-refractivity contribution in [1.82, 2.24) is 16.1 Å². The molecule has 8 N–H and O–H groups in total. The molecule has 254 valence electrons. The van der Waals surface area contributed by atoms with E-state index in [0.29, 0.717) is 26.2 Å². The molecule has 0 saturated carbocycles. The minimum Gasteiger partial charge on any atom is -0.396 e. The van der Waals surface area contributed by atoms with Crippen molar-refractivity contribution in [1.29, 1.82) is 0 Å². The fourth-order valence-corrected chi connectivity index (χ4v) is 5.20. The highest BCUT2D eigenvalue weighted by Gasteiger charge is 2.45. The largest absolute Gasteiger partial charge is 0.396 e. The number of rotatable bonds is 26. The van der Waals surface area contributed by atoms with Gasteiger partial charge < -0.3 is 45.4 Å². The average Bonchev–Trinajstić information content (AvgIpc) is 2.98. The van der Waals surface area contributed by atoms with E-state index < -0.39 is 43.2 Å². The Morgan fingerprint density at radius 1 is 0.860 bits per heavy atom. The molecule has 1 saturated heterocycles. The van der Waals surface area contributed by atoms with Crippen molar-refractivity contribution in [2.45, 2.75) is 122 Å². The second-order valence-electron chi connectivity index (χ2n) is 11.6. The summed E-state index contributed by atoms with van der Waals surface area (Å²) < 4.78 is 11.1. The molecule has 0 aromatic carbocycles. The van der Waals surface area contributed by atoms with E-state index in [4.69, 9.17) is 24.7 Å². The molecule has 0 radical (unpaired) electrons. The Labute approximate surface area is 255 Å². The van der Waals surface area contributed by atoms with Crippen molar-refractivity contribution >= 4 is 11.8 Å². The number of hydrogen-bond donors (Lipinski definition) is 8. The van der Waals surface area contributed by atoms with Crippen molar-refractivity contribution in [2.75, 3.05) is 46.1 Å². The summed E-state index contributed by atoms with van der Waals surface area (Å²) in [6, 6.07) is -1.00. The summed E-state index contributed by atoms with van der Waals surface area (Å²) in [6.07, 6.45) is 4.90. The highest BCUT2D eigenvalue weighted by atomic mass is 17.1. The van der Waals surface area contributed by atoms with Gasteiger partial charge in [-0.1, -0.05) is 19.8 Å². The summed E-state index contributed by atoms with van der Waals surface area (Å²) >= 11 is 0. The first-order valence-electron chi connectivity index (χ1n) is 15.7. The van der Waals surface area contributed by atoms with Gasteiger partial charge in [0.25, 0.3) is 0 Å². The van der Waals surface area contributed by atoms with Gasteiger partial charge in [-0.3, -0.25) is 14.8 Å². The highest BCUT2D eigenvalue weighted by molar-refractivity contribution is 5.75. The number of amides is 2. The SMILES string of the molecule is CC(=O)NC1C(OCCCC(=O)NCCCCCCNOCCCC(C)(CCCO)CCCOO)OC(CO)C(O)C1O. The van der Waals surface area contributed by atoms with Gasteiger partial charge in [0, 0.05) is 33.0 Å². The fraction of sp³-hybridized carbons (Fsp3) is 0.931. The summed E-state index contributed by atoms with van der Waals surface area (Å²) in [5.41, 5.74) is 3.10. The van der Waals surface area contributed by atoms with E-state index in [2.05, 4.69) is 27.9 Å². The molecule has 0 aromatic heterocycles. The van der Waals surface area contributed by atoms with Crippen LogP contribution in [0, 0.1) is 5.41 Å². The third kappa shape index (κ3) is 17.6. The molecule has 14 nitrogen and oxygen atoms in total. The summed E-state index contributed by atoms with van der Waals surface area (Å²) in [7, 11) is 0. The second kappa shape index (κ2) is 23.9. The van der Waals surface area contributed by atoms with Crippen LogP contribution in [0.25, 0.3) is 0 Å². The van der Waals surface area contributed by atoms with E-state index in [1.54, 1.807) is 0 Å². The summed E-state index contributed by atoms with van der Waals surface area (Å²) in [4.78, 5) is 33.3. The van der Waals surface area contributed by atoms with Crippen LogP contribution in [0.3, 0.4) is 0 Å². The number of aliphatic hydroxyl groups is 4. The van der Waals surface area contributed by atoms with Crippen LogP contribution < -0.4 is 16.1 Å². The predicted octanol–water partition coefficient (Wildman–Crippen LogP) is 0.754. The van der Waals surface area contributed by atoms with E-state index in [1.807, 2.05) is 0 Å². The van der Waals surface area contributed by atoms with Crippen LogP contribution in [0.15, 0.2) is 0 Å². The molecule has 0 aromatic rings. The molecule has 2 amide bonds. The van der Waals surface area contributed by atoms with Gasteiger partial charge in [-0.15, -0.1) is 0 Å². The molecule has 0 spiro atoms. The van der Waals surface area contributed by atoms with Gasteiger partial charge in [0.1, 0.15) is 24.4 Å². The normalized spacial score (nSPS) is 23.6. The van der Waals surface area contributed by atoms with E-state index in [1.165, 1.54) is 6.92 Å². The number of hydroxylamine groups is 1. The number of carbonyl (C=O) groups excluding carboxylic acids is 2. The van der Waals surface area contributed by atoms with Gasteiger partial charge in [-0.05, 0) is 63.2 Å².